The largest absolute Gasteiger partial charge is 0.329 e. The van der Waals surface area contributed by atoms with Crippen molar-refractivity contribution in [1.82, 2.24) is 15.3 Å². The number of nitrogens with one attached hydrogen (secondary N) is 2. The molecule has 2 atom stereocenters. The summed E-state index contributed by atoms with van der Waals surface area (Å²) in [4.78, 5) is 23.7. The van der Waals surface area contributed by atoms with E-state index in [-0.39, 0.29) is 11.9 Å². The number of carbonyl (C=O) groups excluding carboxylic acids is 1. The first-order valence-electron chi connectivity index (χ1n) is 12.4. The number of nitrogens with zero attached hydrogens (tertiary/aromatic N) is 2. The van der Waals surface area contributed by atoms with Gasteiger partial charge in [-0.25, -0.2) is 9.97 Å². The van der Waals surface area contributed by atoms with E-state index in [9.17, 15) is 4.79 Å². The molecule has 8 heteroatoms. The lowest BCUT2D eigenvalue weighted by molar-refractivity contribution is 0.102. The van der Waals surface area contributed by atoms with E-state index in [4.69, 9.17) is 10.7 Å². The lowest BCUT2D eigenvalue weighted by Crippen LogP contribution is -2.27. The zero-order valence-electron chi connectivity index (χ0n) is 21.0. The Bertz CT molecular complexity index is 1340. The molecule has 0 radical (unpaired) electrons. The zero-order chi connectivity index (χ0) is 25.3. The van der Waals surface area contributed by atoms with Gasteiger partial charge in [0, 0.05) is 46.2 Å². The molecule has 1 aliphatic carbocycles. The third-order valence-corrected chi connectivity index (χ3v) is 8.77. The monoisotopic (exact) mass is 519 g/mol. The van der Waals surface area contributed by atoms with E-state index in [0.29, 0.717) is 23.6 Å². The first-order valence-corrected chi connectivity index (χ1v) is 14.2. The van der Waals surface area contributed by atoms with Crippen molar-refractivity contribution >= 4 is 44.5 Å². The Balaban J connectivity index is 1.23. The molecule has 1 amide bonds. The Morgan fingerprint density at radius 1 is 1.22 bits per heavy atom. The van der Waals surface area contributed by atoms with Crippen molar-refractivity contribution in [1.29, 1.82) is 0 Å². The molecule has 5 rings (SSSR count). The molecule has 188 valence electrons. The van der Waals surface area contributed by atoms with E-state index >= 15 is 0 Å². The summed E-state index contributed by atoms with van der Waals surface area (Å²) in [5.41, 5.74) is 13.1. The van der Waals surface area contributed by atoms with Crippen LogP contribution in [0.15, 0.2) is 47.3 Å². The van der Waals surface area contributed by atoms with Gasteiger partial charge in [0.15, 0.2) is 0 Å². The number of pyridine rings is 1. The van der Waals surface area contributed by atoms with Gasteiger partial charge in [-0.3, -0.25) is 4.79 Å². The topological polar surface area (TPSA) is 92.9 Å². The van der Waals surface area contributed by atoms with E-state index in [0.717, 1.165) is 35.5 Å². The third kappa shape index (κ3) is 5.52. The van der Waals surface area contributed by atoms with Crippen LogP contribution in [0, 0.1) is 11.3 Å². The van der Waals surface area contributed by atoms with Gasteiger partial charge in [0.25, 0.3) is 5.91 Å². The quantitative estimate of drug-likeness (QED) is 0.281. The number of thiophene rings is 1. The second-order valence-electron chi connectivity index (χ2n) is 10.6. The van der Waals surface area contributed by atoms with Crippen LogP contribution < -0.4 is 16.4 Å². The smallest absolute Gasteiger partial charge is 0.275 e. The molecule has 0 bridgehead atoms. The molecule has 0 fully saturated rings. The van der Waals surface area contributed by atoms with Crippen molar-refractivity contribution in [2.75, 3.05) is 11.9 Å². The first kappa shape index (κ1) is 25.0. The van der Waals surface area contributed by atoms with Crippen LogP contribution in [0.5, 0.6) is 0 Å². The van der Waals surface area contributed by atoms with Crippen LogP contribution in [-0.2, 0) is 19.4 Å². The molecule has 3 heterocycles. The maximum Gasteiger partial charge on any atom is 0.275 e. The van der Waals surface area contributed by atoms with Crippen molar-refractivity contribution in [3.05, 3.63) is 74.7 Å². The maximum absolute atomic E-state index is 12.2. The van der Waals surface area contributed by atoms with E-state index in [2.05, 4.69) is 48.5 Å². The van der Waals surface area contributed by atoms with Crippen molar-refractivity contribution in [3.63, 3.8) is 0 Å². The van der Waals surface area contributed by atoms with Crippen molar-refractivity contribution < 1.29 is 4.79 Å². The Morgan fingerprint density at radius 2 is 2.03 bits per heavy atom. The van der Waals surface area contributed by atoms with Gasteiger partial charge in [-0.15, -0.1) is 22.7 Å². The number of fused-ring (bicyclic) bond motifs is 2. The first-order chi connectivity index (χ1) is 17.3. The molecule has 0 unspecified atom stereocenters. The number of amides is 1. The summed E-state index contributed by atoms with van der Waals surface area (Å²) in [7, 11) is 0. The van der Waals surface area contributed by atoms with Gasteiger partial charge in [-0.05, 0) is 66.0 Å². The Labute approximate surface area is 220 Å². The molecule has 36 heavy (non-hydrogen) atoms. The summed E-state index contributed by atoms with van der Waals surface area (Å²) in [6, 6.07) is 12.5. The van der Waals surface area contributed by atoms with E-state index in [1.165, 1.54) is 39.3 Å². The predicted molar refractivity (Wildman–Crippen MR) is 150 cm³/mol. The molecular formula is C28H33N5OS2. The van der Waals surface area contributed by atoms with Crippen LogP contribution >= 0.6 is 22.7 Å². The van der Waals surface area contributed by atoms with Gasteiger partial charge in [0.2, 0.25) is 0 Å². The van der Waals surface area contributed by atoms with Gasteiger partial charge in [-0.2, -0.15) is 0 Å². The number of aryl methyl sites for hydroxylation is 1. The van der Waals surface area contributed by atoms with Crippen molar-refractivity contribution in [3.8, 4) is 0 Å². The number of nitrogens with two attached hydrogens (primary N) is 1. The number of thiazole rings is 1. The molecule has 1 aromatic carbocycles. The Morgan fingerprint density at radius 3 is 2.72 bits per heavy atom. The average Bonchev–Trinajstić information content (AvgIpc) is 3.53. The van der Waals surface area contributed by atoms with Gasteiger partial charge >= 0.3 is 0 Å². The van der Waals surface area contributed by atoms with Gasteiger partial charge in [-0.1, -0.05) is 32.9 Å². The highest BCUT2D eigenvalue weighted by atomic mass is 32.1. The molecule has 0 saturated heterocycles. The molecule has 6 nitrogen and oxygen atoms in total. The second-order valence-corrected chi connectivity index (χ2v) is 12.5. The lowest BCUT2D eigenvalue weighted by Gasteiger charge is -2.34. The maximum atomic E-state index is 12.2. The standard InChI is InChI=1S/C28H33N5OS2/c1-28(2,3)20-6-9-23-18(11-20)10-19-12-22(36-27(19)33-23)14-30-24(13-29)17-4-7-21(8-5-17)32-26(34)25-15-35-16-31-25/h4-5,7-8,10,12,15-16,20,24,30H,6,9,11,13-14,29H2,1-3H3,(H,32,34)/t20-,24-/m1/s1. The summed E-state index contributed by atoms with van der Waals surface area (Å²) >= 11 is 3.17. The van der Waals surface area contributed by atoms with Crippen LogP contribution in [0.2, 0.25) is 0 Å². The fraction of sp³-hybridized carbons (Fsp3) is 0.393. The van der Waals surface area contributed by atoms with E-state index in [1.54, 1.807) is 22.2 Å². The molecular weight excluding hydrogens is 486 g/mol. The minimum absolute atomic E-state index is 0.0206. The fourth-order valence-electron chi connectivity index (χ4n) is 4.88. The highest BCUT2D eigenvalue weighted by Gasteiger charge is 2.29. The summed E-state index contributed by atoms with van der Waals surface area (Å²) in [6.07, 6.45) is 3.43. The van der Waals surface area contributed by atoms with Crippen LogP contribution in [-0.4, -0.2) is 22.4 Å². The summed E-state index contributed by atoms with van der Waals surface area (Å²) in [5.74, 6) is 0.507. The fourth-order valence-corrected chi connectivity index (χ4v) is 6.39. The number of hydrogen-bond acceptors (Lipinski definition) is 7. The van der Waals surface area contributed by atoms with Crippen molar-refractivity contribution in [2.24, 2.45) is 17.1 Å². The third-order valence-electron chi connectivity index (χ3n) is 7.14. The van der Waals surface area contributed by atoms with Gasteiger partial charge < -0.3 is 16.4 Å². The van der Waals surface area contributed by atoms with Crippen LogP contribution in [0.3, 0.4) is 0 Å². The van der Waals surface area contributed by atoms with E-state index in [1.807, 2.05) is 24.3 Å². The summed E-state index contributed by atoms with van der Waals surface area (Å²) in [6.45, 7) is 8.27. The minimum atomic E-state index is -0.202. The van der Waals surface area contributed by atoms with Crippen LogP contribution in [0.4, 0.5) is 5.69 Å². The second kappa shape index (κ2) is 10.4. The van der Waals surface area contributed by atoms with Crippen LogP contribution in [0.1, 0.15) is 65.4 Å². The normalized spacial score (nSPS) is 16.6. The number of benzene rings is 1. The zero-order valence-corrected chi connectivity index (χ0v) is 22.6. The van der Waals surface area contributed by atoms with Crippen molar-refractivity contribution in [2.45, 2.75) is 52.6 Å². The summed E-state index contributed by atoms with van der Waals surface area (Å²) in [5, 5.41) is 9.47. The molecule has 1 aliphatic rings. The van der Waals surface area contributed by atoms with Crippen LogP contribution in [0.25, 0.3) is 10.2 Å². The highest BCUT2D eigenvalue weighted by molar-refractivity contribution is 7.18. The molecule has 0 saturated carbocycles. The van der Waals surface area contributed by atoms with Gasteiger partial charge in [0.1, 0.15) is 10.5 Å². The average molecular weight is 520 g/mol. The molecule has 4 N–H and O–H groups in total. The minimum Gasteiger partial charge on any atom is -0.329 e. The number of carbonyl (C=O) groups is 1. The van der Waals surface area contributed by atoms with E-state index < -0.39 is 0 Å². The molecule has 0 aliphatic heterocycles. The van der Waals surface area contributed by atoms with Gasteiger partial charge in [0.05, 0.1) is 5.51 Å². The number of hydrogen-bond donors (Lipinski definition) is 3. The highest BCUT2D eigenvalue weighted by Crippen LogP contribution is 2.38. The Kier molecular flexibility index (Phi) is 7.21. The molecule has 4 aromatic rings. The Hall–Kier alpha value is -2.65. The summed E-state index contributed by atoms with van der Waals surface area (Å²) < 4.78 is 0. The predicted octanol–water partition coefficient (Wildman–Crippen LogP) is 5.95. The number of anilines is 1. The molecule has 0 spiro atoms. The lowest BCUT2D eigenvalue weighted by atomic mass is 9.71. The number of rotatable bonds is 7. The SMILES string of the molecule is CC(C)(C)[C@@H]1CCc2nc3sc(CN[C@H](CN)c4ccc(NC(=O)c5cscn5)cc4)cc3cc2C1. The number of aromatic nitrogens is 2. The molecule has 3 aromatic heterocycles.